The molecule has 2 rings (SSSR count). The Morgan fingerprint density at radius 1 is 1.21 bits per heavy atom. The van der Waals surface area contributed by atoms with Crippen LogP contribution < -0.4 is 5.73 Å². The lowest BCUT2D eigenvalue weighted by Gasteiger charge is -2.38. The van der Waals surface area contributed by atoms with Gasteiger partial charge in [0.05, 0.1) is 0 Å². The van der Waals surface area contributed by atoms with E-state index in [1.165, 1.54) is 45.1 Å². The van der Waals surface area contributed by atoms with Crippen molar-refractivity contribution in [2.24, 2.45) is 11.7 Å². The van der Waals surface area contributed by atoms with Crippen molar-refractivity contribution in [1.82, 2.24) is 4.90 Å². The highest BCUT2D eigenvalue weighted by Gasteiger charge is 2.31. The van der Waals surface area contributed by atoms with Gasteiger partial charge in [-0.15, -0.1) is 0 Å². The molecule has 0 aromatic carbocycles. The lowest BCUT2D eigenvalue weighted by atomic mass is 10.00. The second-order valence-corrected chi connectivity index (χ2v) is 5.15. The molecule has 1 aliphatic heterocycles. The van der Waals surface area contributed by atoms with Crippen LogP contribution in [0.3, 0.4) is 0 Å². The number of nitrogens with zero attached hydrogens (tertiary/aromatic N) is 1. The fraction of sp³-hybridized carbons (Fsp3) is 1.00. The molecule has 0 aromatic heterocycles. The molecule has 2 aliphatic rings. The topological polar surface area (TPSA) is 29.3 Å². The Morgan fingerprint density at radius 3 is 2.71 bits per heavy atom. The number of hydrogen-bond acceptors (Lipinski definition) is 2. The molecular formula is C12H24N2. The molecule has 0 aromatic rings. The van der Waals surface area contributed by atoms with Crippen LogP contribution in [0.1, 0.15) is 45.4 Å². The third-order valence-corrected chi connectivity index (χ3v) is 4.17. The summed E-state index contributed by atoms with van der Waals surface area (Å²) in [5, 5.41) is 0. The van der Waals surface area contributed by atoms with E-state index in [4.69, 9.17) is 5.73 Å². The molecule has 0 amide bonds. The molecule has 2 fully saturated rings. The van der Waals surface area contributed by atoms with E-state index in [0.29, 0.717) is 0 Å². The molecule has 3 unspecified atom stereocenters. The zero-order chi connectivity index (χ0) is 9.97. The van der Waals surface area contributed by atoms with Crippen LogP contribution in [-0.2, 0) is 0 Å². The minimum absolute atomic E-state index is 0.814. The molecule has 1 aliphatic carbocycles. The SMILES string of the molecule is CC1CCCCN1C1CCC(CN)C1. The zero-order valence-corrected chi connectivity index (χ0v) is 9.41. The van der Waals surface area contributed by atoms with Gasteiger partial charge in [0.1, 0.15) is 0 Å². The summed E-state index contributed by atoms with van der Waals surface area (Å²) in [5.41, 5.74) is 5.74. The molecule has 1 saturated carbocycles. The van der Waals surface area contributed by atoms with Gasteiger partial charge in [-0.2, -0.15) is 0 Å². The highest BCUT2D eigenvalue weighted by Crippen LogP contribution is 2.32. The summed E-state index contributed by atoms with van der Waals surface area (Å²) >= 11 is 0. The predicted octanol–water partition coefficient (Wildman–Crippen LogP) is 1.99. The fourth-order valence-corrected chi connectivity index (χ4v) is 3.23. The summed E-state index contributed by atoms with van der Waals surface area (Å²) in [6.07, 6.45) is 8.38. The van der Waals surface area contributed by atoms with Gasteiger partial charge in [0, 0.05) is 12.1 Å². The van der Waals surface area contributed by atoms with Crippen molar-refractivity contribution in [2.75, 3.05) is 13.1 Å². The van der Waals surface area contributed by atoms with E-state index in [9.17, 15) is 0 Å². The quantitative estimate of drug-likeness (QED) is 0.732. The molecule has 1 heterocycles. The van der Waals surface area contributed by atoms with E-state index in [0.717, 1.165) is 24.5 Å². The van der Waals surface area contributed by atoms with Gasteiger partial charge >= 0.3 is 0 Å². The van der Waals surface area contributed by atoms with E-state index in [2.05, 4.69) is 11.8 Å². The van der Waals surface area contributed by atoms with Crippen LogP contribution in [0.15, 0.2) is 0 Å². The van der Waals surface area contributed by atoms with Crippen LogP contribution in [0.25, 0.3) is 0 Å². The first-order valence-corrected chi connectivity index (χ1v) is 6.27. The van der Waals surface area contributed by atoms with E-state index >= 15 is 0 Å². The summed E-state index contributed by atoms with van der Waals surface area (Å²) in [7, 11) is 0. The van der Waals surface area contributed by atoms with Crippen LogP contribution in [0, 0.1) is 5.92 Å². The lowest BCUT2D eigenvalue weighted by molar-refractivity contribution is 0.106. The van der Waals surface area contributed by atoms with E-state index < -0.39 is 0 Å². The van der Waals surface area contributed by atoms with Gasteiger partial charge in [0.25, 0.3) is 0 Å². The smallest absolute Gasteiger partial charge is 0.0101 e. The van der Waals surface area contributed by atoms with Gasteiger partial charge < -0.3 is 5.73 Å². The minimum Gasteiger partial charge on any atom is -0.330 e. The number of nitrogens with two attached hydrogens (primary N) is 1. The largest absolute Gasteiger partial charge is 0.330 e. The fourth-order valence-electron chi connectivity index (χ4n) is 3.23. The van der Waals surface area contributed by atoms with Crippen molar-refractivity contribution in [1.29, 1.82) is 0 Å². The molecule has 2 N–H and O–H groups in total. The van der Waals surface area contributed by atoms with Crippen molar-refractivity contribution in [2.45, 2.75) is 57.5 Å². The summed E-state index contributed by atoms with van der Waals surface area (Å²) in [6, 6.07) is 1.68. The molecular weight excluding hydrogens is 172 g/mol. The van der Waals surface area contributed by atoms with Crippen molar-refractivity contribution in [3.05, 3.63) is 0 Å². The Bertz CT molecular complexity index is 181. The van der Waals surface area contributed by atoms with Crippen LogP contribution in [0.4, 0.5) is 0 Å². The van der Waals surface area contributed by atoms with Crippen molar-refractivity contribution >= 4 is 0 Å². The maximum atomic E-state index is 5.74. The maximum Gasteiger partial charge on any atom is 0.0101 e. The van der Waals surface area contributed by atoms with Gasteiger partial charge in [-0.25, -0.2) is 0 Å². The van der Waals surface area contributed by atoms with Gasteiger partial charge in [-0.05, 0) is 58.0 Å². The first-order valence-electron chi connectivity index (χ1n) is 6.27. The number of rotatable bonds is 2. The maximum absolute atomic E-state index is 5.74. The monoisotopic (exact) mass is 196 g/mol. The molecule has 0 radical (unpaired) electrons. The molecule has 0 bridgehead atoms. The number of likely N-dealkylation sites (tertiary alicyclic amines) is 1. The lowest BCUT2D eigenvalue weighted by Crippen LogP contribution is -2.43. The molecule has 2 nitrogen and oxygen atoms in total. The summed E-state index contributed by atoms with van der Waals surface area (Å²) in [4.78, 5) is 2.75. The molecule has 2 heteroatoms. The van der Waals surface area contributed by atoms with E-state index in [-0.39, 0.29) is 0 Å². The summed E-state index contributed by atoms with van der Waals surface area (Å²) < 4.78 is 0. The van der Waals surface area contributed by atoms with E-state index in [1.54, 1.807) is 0 Å². The first kappa shape index (κ1) is 10.4. The van der Waals surface area contributed by atoms with Gasteiger partial charge in [0.15, 0.2) is 0 Å². The van der Waals surface area contributed by atoms with Crippen molar-refractivity contribution in [3.8, 4) is 0 Å². The van der Waals surface area contributed by atoms with Gasteiger partial charge in [-0.1, -0.05) is 6.42 Å². The third kappa shape index (κ3) is 2.12. The Hall–Kier alpha value is -0.0800. The predicted molar refractivity (Wildman–Crippen MR) is 60.2 cm³/mol. The van der Waals surface area contributed by atoms with Gasteiger partial charge in [-0.3, -0.25) is 4.90 Å². The Labute approximate surface area is 87.8 Å². The second kappa shape index (κ2) is 4.63. The highest BCUT2D eigenvalue weighted by molar-refractivity contribution is 4.87. The molecule has 82 valence electrons. The molecule has 3 atom stereocenters. The van der Waals surface area contributed by atoms with Crippen LogP contribution in [0.5, 0.6) is 0 Å². The highest BCUT2D eigenvalue weighted by atomic mass is 15.2. The normalized spacial score (nSPS) is 40.3. The summed E-state index contributed by atoms with van der Waals surface area (Å²) in [5.74, 6) is 0.814. The second-order valence-electron chi connectivity index (χ2n) is 5.15. The average molecular weight is 196 g/mol. The molecule has 1 saturated heterocycles. The van der Waals surface area contributed by atoms with Crippen LogP contribution >= 0.6 is 0 Å². The minimum atomic E-state index is 0.814. The van der Waals surface area contributed by atoms with E-state index in [1.807, 2.05) is 0 Å². The van der Waals surface area contributed by atoms with Crippen LogP contribution in [0.2, 0.25) is 0 Å². The Balaban J connectivity index is 1.88. The van der Waals surface area contributed by atoms with Crippen LogP contribution in [-0.4, -0.2) is 30.1 Å². The van der Waals surface area contributed by atoms with Crippen molar-refractivity contribution in [3.63, 3.8) is 0 Å². The molecule has 14 heavy (non-hydrogen) atoms. The summed E-state index contributed by atoms with van der Waals surface area (Å²) in [6.45, 7) is 4.64. The first-order chi connectivity index (χ1) is 6.81. The average Bonchev–Trinajstić information content (AvgIpc) is 2.67. The Morgan fingerprint density at radius 2 is 2.07 bits per heavy atom. The van der Waals surface area contributed by atoms with Crippen molar-refractivity contribution < 1.29 is 0 Å². The van der Waals surface area contributed by atoms with Gasteiger partial charge in [0.2, 0.25) is 0 Å². The standard InChI is InChI=1S/C12H24N2/c1-10-4-2-3-7-14(10)12-6-5-11(8-12)9-13/h10-12H,2-9,13H2,1H3. The third-order valence-electron chi connectivity index (χ3n) is 4.17. The molecule has 0 spiro atoms. The number of hydrogen-bond donors (Lipinski definition) is 1. The number of piperidine rings is 1. The Kier molecular flexibility index (Phi) is 3.45. The zero-order valence-electron chi connectivity index (χ0n) is 9.41.